The van der Waals surface area contributed by atoms with Crippen molar-refractivity contribution in [3.05, 3.63) is 66.0 Å². The van der Waals surface area contributed by atoms with Gasteiger partial charge in [0, 0.05) is 24.6 Å². The van der Waals surface area contributed by atoms with E-state index in [2.05, 4.69) is 30.7 Å². The molecule has 0 aliphatic heterocycles. The molecule has 3 N–H and O–H groups in total. The van der Waals surface area contributed by atoms with E-state index in [1.807, 2.05) is 0 Å². The summed E-state index contributed by atoms with van der Waals surface area (Å²) in [6, 6.07) is 11.2. The number of halogens is 4. The lowest BCUT2D eigenvalue weighted by Crippen LogP contribution is -2.28. The van der Waals surface area contributed by atoms with E-state index in [4.69, 9.17) is 4.74 Å². The van der Waals surface area contributed by atoms with Gasteiger partial charge in [-0.3, -0.25) is 4.79 Å². The highest BCUT2D eigenvalue weighted by atomic mass is 32.1. The quantitative estimate of drug-likeness (QED) is 0.221. The third kappa shape index (κ3) is 7.10. The SMILES string of the molecule is O=C(NCc1cccc(OC(F)(F)F)c1)Nc1cc(Oc2ccc3nc(NC(=O)C4CC4)sc3n2)ccc1F. The zero-order chi connectivity index (χ0) is 27.6. The van der Waals surface area contributed by atoms with Gasteiger partial charge in [0.15, 0.2) is 5.13 Å². The lowest BCUT2D eigenvalue weighted by molar-refractivity contribution is -0.274. The first-order valence-corrected chi connectivity index (χ1v) is 12.4. The van der Waals surface area contributed by atoms with Crippen molar-refractivity contribution in [1.82, 2.24) is 15.3 Å². The number of benzene rings is 2. The average molecular weight is 562 g/mol. The molecule has 0 unspecified atom stereocenters. The van der Waals surface area contributed by atoms with Crippen LogP contribution in [0.3, 0.4) is 0 Å². The molecule has 1 saturated carbocycles. The maximum Gasteiger partial charge on any atom is 0.573 e. The Bertz CT molecular complexity index is 1540. The highest BCUT2D eigenvalue weighted by molar-refractivity contribution is 7.21. The zero-order valence-corrected chi connectivity index (χ0v) is 20.7. The van der Waals surface area contributed by atoms with Gasteiger partial charge in [0.1, 0.15) is 27.7 Å². The molecule has 0 spiro atoms. The van der Waals surface area contributed by atoms with Crippen LogP contribution in [0.15, 0.2) is 54.6 Å². The van der Waals surface area contributed by atoms with Crippen molar-refractivity contribution in [3.63, 3.8) is 0 Å². The highest BCUT2D eigenvalue weighted by Gasteiger charge is 2.31. The molecule has 9 nitrogen and oxygen atoms in total. The number of rotatable bonds is 8. The molecule has 14 heteroatoms. The summed E-state index contributed by atoms with van der Waals surface area (Å²) in [6.07, 6.45) is -3.10. The van der Waals surface area contributed by atoms with Crippen LogP contribution in [-0.2, 0) is 11.3 Å². The molecule has 5 rings (SSSR count). The van der Waals surface area contributed by atoms with Crippen LogP contribution in [-0.4, -0.2) is 28.3 Å². The van der Waals surface area contributed by atoms with Crippen LogP contribution in [0.5, 0.6) is 17.4 Å². The monoisotopic (exact) mass is 561 g/mol. The number of ether oxygens (including phenoxy) is 2. The van der Waals surface area contributed by atoms with Gasteiger partial charge in [-0.15, -0.1) is 13.2 Å². The van der Waals surface area contributed by atoms with Crippen LogP contribution in [0.4, 0.5) is 33.2 Å². The minimum atomic E-state index is -4.84. The number of nitrogens with one attached hydrogen (secondary N) is 3. The minimum Gasteiger partial charge on any atom is -0.439 e. The number of carbonyl (C=O) groups excluding carboxylic acids is 2. The van der Waals surface area contributed by atoms with Gasteiger partial charge in [0.25, 0.3) is 0 Å². The summed E-state index contributed by atoms with van der Waals surface area (Å²) >= 11 is 1.19. The van der Waals surface area contributed by atoms with E-state index in [9.17, 15) is 27.2 Å². The molecule has 202 valence electrons. The summed E-state index contributed by atoms with van der Waals surface area (Å²) in [4.78, 5) is 33.5. The molecule has 39 heavy (non-hydrogen) atoms. The molecular formula is C25H19F4N5O4S. The molecule has 3 amide bonds. The van der Waals surface area contributed by atoms with E-state index in [1.165, 1.54) is 35.6 Å². The number of pyridine rings is 1. The number of thiazole rings is 1. The molecule has 1 aliphatic rings. The lowest BCUT2D eigenvalue weighted by atomic mass is 10.2. The second-order valence-electron chi connectivity index (χ2n) is 8.50. The third-order valence-corrected chi connectivity index (χ3v) is 6.28. The van der Waals surface area contributed by atoms with Crippen LogP contribution >= 0.6 is 11.3 Å². The second kappa shape index (κ2) is 10.7. The van der Waals surface area contributed by atoms with Crippen molar-refractivity contribution in [3.8, 4) is 17.4 Å². The van der Waals surface area contributed by atoms with Crippen molar-refractivity contribution in [2.75, 3.05) is 10.6 Å². The maximum atomic E-state index is 14.3. The molecule has 2 aromatic carbocycles. The Morgan fingerprint density at radius 3 is 2.59 bits per heavy atom. The number of alkyl halides is 3. The number of urea groups is 1. The maximum absolute atomic E-state index is 14.3. The number of fused-ring (bicyclic) bond motifs is 1. The number of hydrogen-bond acceptors (Lipinski definition) is 7. The predicted octanol–water partition coefficient (Wildman–Crippen LogP) is 6.19. The molecule has 2 aromatic heterocycles. The predicted molar refractivity (Wildman–Crippen MR) is 134 cm³/mol. The summed E-state index contributed by atoms with van der Waals surface area (Å²) in [5.74, 6) is -0.819. The number of carbonyl (C=O) groups is 2. The molecule has 0 radical (unpaired) electrons. The molecule has 1 aliphatic carbocycles. The highest BCUT2D eigenvalue weighted by Crippen LogP contribution is 2.33. The average Bonchev–Trinajstić information content (AvgIpc) is 3.65. The van der Waals surface area contributed by atoms with Crippen LogP contribution in [0, 0.1) is 11.7 Å². The number of amides is 3. The first-order valence-electron chi connectivity index (χ1n) is 11.6. The van der Waals surface area contributed by atoms with Crippen LogP contribution < -0.4 is 25.4 Å². The van der Waals surface area contributed by atoms with Crippen LogP contribution in [0.1, 0.15) is 18.4 Å². The van der Waals surface area contributed by atoms with E-state index in [1.54, 1.807) is 12.1 Å². The number of anilines is 2. The summed E-state index contributed by atoms with van der Waals surface area (Å²) in [7, 11) is 0. The molecule has 0 bridgehead atoms. The van der Waals surface area contributed by atoms with Crippen molar-refractivity contribution >= 4 is 44.4 Å². The van der Waals surface area contributed by atoms with Crippen molar-refractivity contribution < 1.29 is 36.6 Å². The largest absolute Gasteiger partial charge is 0.573 e. The summed E-state index contributed by atoms with van der Waals surface area (Å²) in [6.45, 7) is -0.138. The summed E-state index contributed by atoms with van der Waals surface area (Å²) < 4.78 is 61.1. The molecule has 0 saturated heterocycles. The fourth-order valence-corrected chi connectivity index (χ4v) is 4.28. The normalized spacial score (nSPS) is 13.1. The lowest BCUT2D eigenvalue weighted by Gasteiger charge is -2.12. The van der Waals surface area contributed by atoms with E-state index >= 15 is 0 Å². The topological polar surface area (TPSA) is 114 Å². The molecule has 2 heterocycles. The zero-order valence-electron chi connectivity index (χ0n) is 19.8. The van der Waals surface area contributed by atoms with E-state index < -0.39 is 24.0 Å². The smallest absolute Gasteiger partial charge is 0.439 e. The number of hydrogen-bond donors (Lipinski definition) is 3. The van der Waals surface area contributed by atoms with Gasteiger partial charge in [-0.05, 0) is 48.7 Å². The Morgan fingerprint density at radius 1 is 1.00 bits per heavy atom. The summed E-state index contributed by atoms with van der Waals surface area (Å²) in [5, 5.41) is 7.99. The molecule has 1 fully saturated rings. The van der Waals surface area contributed by atoms with Crippen LogP contribution in [0.25, 0.3) is 10.3 Å². The molecule has 4 aromatic rings. The second-order valence-corrected chi connectivity index (χ2v) is 9.48. The Hall–Kier alpha value is -4.46. The Morgan fingerprint density at radius 2 is 1.82 bits per heavy atom. The van der Waals surface area contributed by atoms with Gasteiger partial charge < -0.3 is 25.4 Å². The number of nitrogens with zero attached hydrogens (tertiary/aromatic N) is 2. The Labute approximate surface area is 222 Å². The Balaban J connectivity index is 1.20. The van der Waals surface area contributed by atoms with Crippen molar-refractivity contribution in [1.29, 1.82) is 0 Å². The Kier molecular flexibility index (Phi) is 7.19. The van der Waals surface area contributed by atoms with Crippen molar-refractivity contribution in [2.24, 2.45) is 5.92 Å². The fraction of sp³-hybridized carbons (Fsp3) is 0.200. The minimum absolute atomic E-state index is 0.0382. The van der Waals surface area contributed by atoms with Crippen LogP contribution in [0.2, 0.25) is 0 Å². The van der Waals surface area contributed by atoms with Crippen molar-refractivity contribution in [2.45, 2.75) is 25.7 Å². The van der Waals surface area contributed by atoms with Gasteiger partial charge in [-0.25, -0.2) is 19.2 Å². The van der Waals surface area contributed by atoms with E-state index in [-0.39, 0.29) is 35.7 Å². The fourth-order valence-electron chi connectivity index (χ4n) is 3.45. The summed E-state index contributed by atoms with van der Waals surface area (Å²) in [5.41, 5.74) is 0.722. The van der Waals surface area contributed by atoms with Gasteiger partial charge in [0.05, 0.1) is 5.69 Å². The van der Waals surface area contributed by atoms with Gasteiger partial charge in [-0.1, -0.05) is 23.5 Å². The van der Waals surface area contributed by atoms with Gasteiger partial charge >= 0.3 is 12.4 Å². The first-order chi connectivity index (χ1) is 18.6. The first kappa shape index (κ1) is 26.2. The van der Waals surface area contributed by atoms with E-state index in [0.717, 1.165) is 31.0 Å². The number of aromatic nitrogens is 2. The molecular weight excluding hydrogens is 542 g/mol. The van der Waals surface area contributed by atoms with E-state index in [0.29, 0.717) is 21.0 Å². The third-order valence-electron chi connectivity index (χ3n) is 5.40. The van der Waals surface area contributed by atoms with Gasteiger partial charge in [0.2, 0.25) is 11.8 Å². The van der Waals surface area contributed by atoms with Gasteiger partial charge in [-0.2, -0.15) is 0 Å². The molecule has 0 atom stereocenters. The standard InChI is InChI=1S/C25H19F4N5O4S/c26-17-7-6-15(37-20-9-8-18-22(33-20)39-24(32-18)34-21(35)14-4-5-14)11-19(17)31-23(36)30-12-13-2-1-3-16(10-13)38-25(27,28)29/h1-3,6-11,14H,4-5,12H2,(H2,30,31,36)(H,32,34,35).